The maximum absolute atomic E-state index is 11.1. The first kappa shape index (κ1) is 13.4. The third-order valence-corrected chi connectivity index (χ3v) is 2.74. The van der Waals surface area contributed by atoms with Crippen molar-refractivity contribution in [2.45, 2.75) is 20.3 Å². The maximum atomic E-state index is 11.1. The summed E-state index contributed by atoms with van der Waals surface area (Å²) in [6.07, 6.45) is 3.51. The number of nitrogens with zero attached hydrogens (tertiary/aromatic N) is 5. The van der Waals surface area contributed by atoms with Gasteiger partial charge in [-0.05, 0) is 12.0 Å². The van der Waals surface area contributed by atoms with Crippen LogP contribution in [-0.4, -0.2) is 24.7 Å². The molecule has 0 amide bonds. The summed E-state index contributed by atoms with van der Waals surface area (Å²) >= 11 is 6.02. The molecule has 0 spiro atoms. The van der Waals surface area contributed by atoms with E-state index in [-0.39, 0.29) is 22.7 Å². The zero-order chi connectivity index (χ0) is 14.0. The van der Waals surface area contributed by atoms with Gasteiger partial charge in [-0.3, -0.25) is 10.1 Å². The smallest absolute Gasteiger partial charge is 0.258 e. The third kappa shape index (κ3) is 2.70. The quantitative estimate of drug-likeness (QED) is 0.634. The minimum absolute atomic E-state index is 0.0770. The van der Waals surface area contributed by atoms with Crippen molar-refractivity contribution >= 4 is 17.3 Å². The predicted octanol–water partition coefficient (Wildman–Crippen LogP) is 2.42. The molecule has 2 aromatic heterocycles. The summed E-state index contributed by atoms with van der Waals surface area (Å²) in [4.78, 5) is 18.5. The van der Waals surface area contributed by atoms with Gasteiger partial charge in [0.25, 0.3) is 5.95 Å². The van der Waals surface area contributed by atoms with Gasteiger partial charge in [0.1, 0.15) is 5.69 Å². The average molecular weight is 282 g/mol. The minimum Gasteiger partial charge on any atom is -0.258 e. The molecule has 8 heteroatoms. The normalized spacial score (nSPS) is 10.9. The molecule has 0 saturated carbocycles. The van der Waals surface area contributed by atoms with Crippen molar-refractivity contribution in [2.24, 2.45) is 5.92 Å². The second-order valence-electron chi connectivity index (χ2n) is 4.40. The fourth-order valence-electron chi connectivity index (χ4n) is 1.67. The molecule has 0 fully saturated rings. The summed E-state index contributed by atoms with van der Waals surface area (Å²) in [5, 5.41) is 15.2. The van der Waals surface area contributed by atoms with Gasteiger partial charge in [0.15, 0.2) is 0 Å². The number of rotatable bonds is 4. The molecule has 0 aromatic carbocycles. The van der Waals surface area contributed by atoms with Crippen molar-refractivity contribution in [3.05, 3.63) is 39.4 Å². The lowest BCUT2D eigenvalue weighted by atomic mass is 10.1. The van der Waals surface area contributed by atoms with Crippen molar-refractivity contribution in [2.75, 3.05) is 0 Å². The number of halogens is 1. The van der Waals surface area contributed by atoms with Gasteiger partial charge in [-0.2, -0.15) is 9.78 Å². The highest BCUT2D eigenvalue weighted by atomic mass is 35.5. The highest BCUT2D eigenvalue weighted by molar-refractivity contribution is 6.32. The molecular weight excluding hydrogens is 270 g/mol. The van der Waals surface area contributed by atoms with Crippen molar-refractivity contribution < 1.29 is 4.92 Å². The van der Waals surface area contributed by atoms with Gasteiger partial charge in [-0.15, -0.1) is 0 Å². The molecule has 100 valence electrons. The Morgan fingerprint density at radius 2 is 2.05 bits per heavy atom. The van der Waals surface area contributed by atoms with E-state index in [1.54, 1.807) is 6.07 Å². The number of nitro groups is 1. The largest absolute Gasteiger partial charge is 0.329 e. The first-order valence-corrected chi connectivity index (χ1v) is 6.07. The molecule has 2 heterocycles. The van der Waals surface area contributed by atoms with E-state index in [0.29, 0.717) is 12.1 Å². The van der Waals surface area contributed by atoms with Crippen LogP contribution in [0.2, 0.25) is 5.15 Å². The molecule has 0 aliphatic heterocycles. The maximum Gasteiger partial charge on any atom is 0.329 e. The lowest BCUT2D eigenvalue weighted by Gasteiger charge is -1.99. The molecule has 0 radical (unpaired) electrons. The lowest BCUT2D eigenvalue weighted by Crippen LogP contribution is -2.03. The number of aromatic nitrogens is 4. The summed E-state index contributed by atoms with van der Waals surface area (Å²) in [5.41, 5.74) is 0.167. The van der Waals surface area contributed by atoms with E-state index in [1.165, 1.54) is 17.1 Å². The standard InChI is InChI=1S/C11H12ClN5O2/c1-7(2)6-8-9(17(18)19)10(12)16(15-8)11-13-4-3-5-14-11/h3-5,7H,6H2,1-2H3. The van der Waals surface area contributed by atoms with Crippen LogP contribution in [0.15, 0.2) is 18.5 Å². The van der Waals surface area contributed by atoms with Crippen LogP contribution in [0.4, 0.5) is 5.69 Å². The van der Waals surface area contributed by atoms with Gasteiger partial charge in [0.2, 0.25) is 5.15 Å². The molecule has 0 aliphatic rings. The van der Waals surface area contributed by atoms with Crippen molar-refractivity contribution in [1.29, 1.82) is 0 Å². The highest BCUT2D eigenvalue weighted by Crippen LogP contribution is 2.31. The average Bonchev–Trinajstić information content (AvgIpc) is 2.66. The van der Waals surface area contributed by atoms with Crippen LogP contribution in [0, 0.1) is 16.0 Å². The topological polar surface area (TPSA) is 86.7 Å². The Morgan fingerprint density at radius 3 is 2.58 bits per heavy atom. The van der Waals surface area contributed by atoms with E-state index >= 15 is 0 Å². The summed E-state index contributed by atoms with van der Waals surface area (Å²) in [7, 11) is 0. The molecule has 0 saturated heterocycles. The van der Waals surface area contributed by atoms with Crippen molar-refractivity contribution in [1.82, 2.24) is 19.7 Å². The monoisotopic (exact) mass is 281 g/mol. The molecule has 0 bridgehead atoms. The van der Waals surface area contributed by atoms with E-state index in [4.69, 9.17) is 11.6 Å². The molecule has 0 unspecified atom stereocenters. The van der Waals surface area contributed by atoms with Gasteiger partial charge in [0, 0.05) is 18.8 Å². The van der Waals surface area contributed by atoms with Gasteiger partial charge >= 0.3 is 5.69 Å². The lowest BCUT2D eigenvalue weighted by molar-refractivity contribution is -0.385. The van der Waals surface area contributed by atoms with E-state index in [2.05, 4.69) is 15.1 Å². The second-order valence-corrected chi connectivity index (χ2v) is 4.76. The van der Waals surface area contributed by atoms with E-state index in [9.17, 15) is 10.1 Å². The molecule has 0 aliphatic carbocycles. The van der Waals surface area contributed by atoms with Crippen LogP contribution in [0.3, 0.4) is 0 Å². The first-order chi connectivity index (χ1) is 9.00. The summed E-state index contributed by atoms with van der Waals surface area (Å²) in [5.74, 6) is 0.445. The molecule has 0 N–H and O–H groups in total. The Morgan fingerprint density at radius 1 is 1.42 bits per heavy atom. The molecular formula is C11H12ClN5O2. The van der Waals surface area contributed by atoms with Crippen LogP contribution in [0.25, 0.3) is 5.95 Å². The summed E-state index contributed by atoms with van der Waals surface area (Å²) < 4.78 is 1.19. The highest BCUT2D eigenvalue weighted by Gasteiger charge is 2.28. The Kier molecular flexibility index (Phi) is 3.75. The first-order valence-electron chi connectivity index (χ1n) is 5.70. The molecule has 19 heavy (non-hydrogen) atoms. The van der Waals surface area contributed by atoms with Gasteiger partial charge in [0.05, 0.1) is 4.92 Å². The Hall–Kier alpha value is -2.02. The molecule has 0 atom stereocenters. The minimum atomic E-state index is -0.521. The molecule has 2 aromatic rings. The van der Waals surface area contributed by atoms with Gasteiger partial charge in [-0.1, -0.05) is 25.4 Å². The van der Waals surface area contributed by atoms with Gasteiger partial charge < -0.3 is 0 Å². The zero-order valence-electron chi connectivity index (χ0n) is 10.4. The number of hydrogen-bond donors (Lipinski definition) is 0. The molecule has 2 rings (SSSR count). The Labute approximate surface area is 114 Å². The molecule has 7 nitrogen and oxygen atoms in total. The predicted molar refractivity (Wildman–Crippen MR) is 69.4 cm³/mol. The second kappa shape index (κ2) is 5.31. The van der Waals surface area contributed by atoms with Crippen molar-refractivity contribution in [3.63, 3.8) is 0 Å². The van der Waals surface area contributed by atoms with E-state index in [0.717, 1.165) is 0 Å². The van der Waals surface area contributed by atoms with Crippen LogP contribution < -0.4 is 0 Å². The Balaban J connectivity index is 2.55. The summed E-state index contributed by atoms with van der Waals surface area (Å²) in [6.45, 7) is 3.91. The fourth-order valence-corrected chi connectivity index (χ4v) is 1.96. The van der Waals surface area contributed by atoms with Crippen molar-refractivity contribution in [3.8, 4) is 5.95 Å². The Bertz CT molecular complexity index is 597. The van der Waals surface area contributed by atoms with E-state index in [1.807, 2.05) is 13.8 Å². The number of hydrogen-bond acceptors (Lipinski definition) is 5. The van der Waals surface area contributed by atoms with Gasteiger partial charge in [-0.25, -0.2) is 9.97 Å². The fraction of sp³-hybridized carbons (Fsp3) is 0.364. The van der Waals surface area contributed by atoms with Crippen LogP contribution in [0.5, 0.6) is 0 Å². The van der Waals surface area contributed by atoms with Crippen LogP contribution in [-0.2, 0) is 6.42 Å². The van der Waals surface area contributed by atoms with Crippen LogP contribution in [0.1, 0.15) is 19.5 Å². The summed E-state index contributed by atoms with van der Waals surface area (Å²) in [6, 6.07) is 1.64. The zero-order valence-corrected chi connectivity index (χ0v) is 11.2. The SMILES string of the molecule is CC(C)Cc1nn(-c2ncccn2)c(Cl)c1[N+](=O)[O-]. The van der Waals surface area contributed by atoms with E-state index < -0.39 is 4.92 Å². The third-order valence-electron chi connectivity index (χ3n) is 2.40. The van der Waals surface area contributed by atoms with Crippen LogP contribution >= 0.6 is 11.6 Å².